The summed E-state index contributed by atoms with van der Waals surface area (Å²) in [4.78, 5) is 24.0. The summed E-state index contributed by atoms with van der Waals surface area (Å²) in [5.41, 5.74) is 0. The molecule has 0 unspecified atom stereocenters. The molecule has 0 aliphatic carbocycles. The minimum atomic E-state index is -0.701. The number of hydrogen-bond acceptors (Lipinski definition) is 2. The SMILES string of the molecule is C#CCN(CC#C)C(=O)CCCCCCCCC#CC#CCCCCCCCCC(=O)O. The first kappa shape index (κ1) is 29.2. The molecule has 0 fully saturated rings. The van der Waals surface area contributed by atoms with E-state index in [1.807, 2.05) is 0 Å². The Kier molecular flexibility index (Phi) is 20.8. The fourth-order valence-corrected chi connectivity index (χ4v) is 3.22. The number of carbonyl (C=O) groups excluding carboxylic acids is 1. The number of hydrogen-bond donors (Lipinski definition) is 1. The van der Waals surface area contributed by atoms with E-state index in [0.717, 1.165) is 89.9 Å². The summed E-state index contributed by atoms with van der Waals surface area (Å²) < 4.78 is 0. The van der Waals surface area contributed by atoms with Gasteiger partial charge in [-0.2, -0.15) is 0 Å². The third-order valence-corrected chi connectivity index (χ3v) is 5.04. The summed E-state index contributed by atoms with van der Waals surface area (Å²) in [6.45, 7) is 0.568. The van der Waals surface area contributed by atoms with E-state index in [2.05, 4.69) is 35.5 Å². The first-order valence-electron chi connectivity index (χ1n) is 11.9. The highest BCUT2D eigenvalue weighted by Crippen LogP contribution is 2.10. The molecule has 0 bridgehead atoms. The van der Waals surface area contributed by atoms with E-state index < -0.39 is 5.97 Å². The molecule has 0 saturated carbocycles. The van der Waals surface area contributed by atoms with E-state index in [0.29, 0.717) is 6.42 Å². The van der Waals surface area contributed by atoms with Gasteiger partial charge in [0, 0.05) is 25.7 Å². The minimum absolute atomic E-state index is 0.0465. The van der Waals surface area contributed by atoms with Gasteiger partial charge in [-0.3, -0.25) is 9.59 Å². The Morgan fingerprint density at radius 2 is 1.03 bits per heavy atom. The van der Waals surface area contributed by atoms with Crippen molar-refractivity contribution in [2.24, 2.45) is 0 Å². The molecule has 1 N–H and O–H groups in total. The molecule has 0 aromatic carbocycles. The molecule has 0 atom stereocenters. The Labute approximate surface area is 195 Å². The van der Waals surface area contributed by atoms with Gasteiger partial charge in [0.25, 0.3) is 0 Å². The van der Waals surface area contributed by atoms with E-state index >= 15 is 0 Å². The Morgan fingerprint density at radius 3 is 1.47 bits per heavy atom. The highest BCUT2D eigenvalue weighted by molar-refractivity contribution is 5.76. The number of carboxylic acids is 1. The second-order valence-corrected chi connectivity index (χ2v) is 7.90. The van der Waals surface area contributed by atoms with Crippen molar-refractivity contribution >= 4 is 11.9 Å². The zero-order valence-electron chi connectivity index (χ0n) is 19.6. The number of carbonyl (C=O) groups is 2. The van der Waals surface area contributed by atoms with Gasteiger partial charge >= 0.3 is 5.97 Å². The van der Waals surface area contributed by atoms with E-state index in [4.69, 9.17) is 18.0 Å². The lowest BCUT2D eigenvalue weighted by atomic mass is 10.1. The second-order valence-electron chi connectivity index (χ2n) is 7.90. The molecular formula is C28H39NO3. The maximum atomic E-state index is 12.0. The average molecular weight is 438 g/mol. The van der Waals surface area contributed by atoms with Crippen LogP contribution in [-0.4, -0.2) is 35.0 Å². The van der Waals surface area contributed by atoms with Crippen molar-refractivity contribution in [1.29, 1.82) is 0 Å². The van der Waals surface area contributed by atoms with Gasteiger partial charge in [-0.05, 0) is 37.5 Å². The van der Waals surface area contributed by atoms with E-state index in [9.17, 15) is 9.59 Å². The van der Waals surface area contributed by atoms with Crippen molar-refractivity contribution in [2.75, 3.05) is 13.1 Å². The number of unbranched alkanes of at least 4 members (excludes halogenated alkanes) is 12. The summed E-state index contributed by atoms with van der Waals surface area (Å²) in [6.07, 6.45) is 25.8. The van der Waals surface area contributed by atoms with Crippen LogP contribution in [0.1, 0.15) is 103 Å². The zero-order chi connectivity index (χ0) is 23.7. The fraction of sp³-hybridized carbons (Fsp3) is 0.643. The standard InChI is InChI=1S/C28H39NO3/c1-3-25-29(26-4-2)27(30)23-21-19-17-15-13-11-9-7-5-6-8-10-12-14-16-18-20-22-24-28(31)32/h1-2H,9-26H2,(H,31,32). The molecule has 0 aliphatic rings. The van der Waals surface area contributed by atoms with E-state index in [-0.39, 0.29) is 25.4 Å². The topological polar surface area (TPSA) is 57.6 Å². The van der Waals surface area contributed by atoms with Gasteiger partial charge in [-0.15, -0.1) is 12.8 Å². The van der Waals surface area contributed by atoms with Crippen molar-refractivity contribution in [3.8, 4) is 48.4 Å². The number of amides is 1. The molecule has 0 aromatic rings. The van der Waals surface area contributed by atoms with Crippen molar-refractivity contribution in [3.05, 3.63) is 0 Å². The van der Waals surface area contributed by atoms with Crippen molar-refractivity contribution in [3.63, 3.8) is 0 Å². The molecule has 0 aromatic heterocycles. The summed E-state index contributed by atoms with van der Waals surface area (Å²) >= 11 is 0. The molecule has 0 aliphatic heterocycles. The highest BCUT2D eigenvalue weighted by atomic mass is 16.4. The molecule has 0 spiro atoms. The Bertz CT molecular complexity index is 702. The molecule has 174 valence electrons. The lowest BCUT2D eigenvalue weighted by Gasteiger charge is -2.17. The molecular weight excluding hydrogens is 398 g/mol. The number of terminal acetylenes is 2. The smallest absolute Gasteiger partial charge is 0.303 e. The molecule has 32 heavy (non-hydrogen) atoms. The van der Waals surface area contributed by atoms with Crippen LogP contribution in [0.4, 0.5) is 0 Å². The third-order valence-electron chi connectivity index (χ3n) is 5.04. The Hall–Kier alpha value is -2.82. The molecule has 1 amide bonds. The van der Waals surface area contributed by atoms with Crippen LogP contribution in [0.2, 0.25) is 0 Å². The maximum Gasteiger partial charge on any atom is 0.303 e. The van der Waals surface area contributed by atoms with Gasteiger partial charge in [0.1, 0.15) is 0 Å². The lowest BCUT2D eigenvalue weighted by molar-refractivity contribution is -0.137. The van der Waals surface area contributed by atoms with Crippen LogP contribution in [-0.2, 0) is 9.59 Å². The van der Waals surface area contributed by atoms with Gasteiger partial charge in [-0.1, -0.05) is 75.0 Å². The third kappa shape index (κ3) is 20.5. The van der Waals surface area contributed by atoms with Crippen LogP contribution in [0.3, 0.4) is 0 Å². The summed E-state index contributed by atoms with van der Waals surface area (Å²) in [5.74, 6) is 16.4. The Morgan fingerprint density at radius 1 is 0.625 bits per heavy atom. The minimum Gasteiger partial charge on any atom is -0.481 e. The van der Waals surface area contributed by atoms with Crippen molar-refractivity contribution in [1.82, 2.24) is 4.90 Å². The van der Waals surface area contributed by atoms with Gasteiger partial charge in [-0.25, -0.2) is 0 Å². The van der Waals surface area contributed by atoms with Crippen LogP contribution in [0.25, 0.3) is 0 Å². The first-order valence-corrected chi connectivity index (χ1v) is 11.9. The predicted molar refractivity (Wildman–Crippen MR) is 131 cm³/mol. The monoisotopic (exact) mass is 437 g/mol. The van der Waals surface area contributed by atoms with Crippen LogP contribution >= 0.6 is 0 Å². The summed E-state index contributed by atoms with van der Waals surface area (Å²) in [7, 11) is 0. The van der Waals surface area contributed by atoms with Gasteiger partial charge in [0.05, 0.1) is 13.1 Å². The Balaban J connectivity index is 3.50. The summed E-state index contributed by atoms with van der Waals surface area (Å²) in [5, 5.41) is 8.57. The van der Waals surface area contributed by atoms with Crippen LogP contribution in [0.5, 0.6) is 0 Å². The highest BCUT2D eigenvalue weighted by Gasteiger charge is 2.10. The number of rotatable bonds is 18. The quantitative estimate of drug-likeness (QED) is 0.230. The molecule has 0 rings (SSSR count). The molecule has 0 radical (unpaired) electrons. The van der Waals surface area contributed by atoms with Crippen molar-refractivity contribution < 1.29 is 14.7 Å². The second kappa shape index (κ2) is 22.9. The van der Waals surface area contributed by atoms with Gasteiger partial charge in [0.15, 0.2) is 0 Å². The lowest BCUT2D eigenvalue weighted by Crippen LogP contribution is -2.31. The molecule has 0 heterocycles. The number of aliphatic carboxylic acids is 1. The fourth-order valence-electron chi connectivity index (χ4n) is 3.22. The molecule has 4 heteroatoms. The predicted octanol–water partition coefficient (Wildman–Crippen LogP) is 5.41. The van der Waals surface area contributed by atoms with Crippen LogP contribution in [0.15, 0.2) is 0 Å². The first-order chi connectivity index (χ1) is 15.6. The van der Waals surface area contributed by atoms with Crippen molar-refractivity contribution in [2.45, 2.75) is 103 Å². The molecule has 0 saturated heterocycles. The zero-order valence-corrected chi connectivity index (χ0v) is 19.6. The van der Waals surface area contributed by atoms with Gasteiger partial charge < -0.3 is 10.0 Å². The number of nitrogens with zero attached hydrogens (tertiary/aromatic N) is 1. The largest absolute Gasteiger partial charge is 0.481 e. The van der Waals surface area contributed by atoms with Gasteiger partial charge in [0.2, 0.25) is 5.91 Å². The van der Waals surface area contributed by atoms with Crippen LogP contribution in [0, 0.1) is 48.4 Å². The van der Waals surface area contributed by atoms with E-state index in [1.54, 1.807) is 4.90 Å². The summed E-state index contributed by atoms with van der Waals surface area (Å²) in [6, 6.07) is 0. The molecule has 4 nitrogen and oxygen atoms in total. The average Bonchev–Trinajstić information content (AvgIpc) is 2.77. The maximum absolute atomic E-state index is 12.0. The van der Waals surface area contributed by atoms with Crippen LogP contribution < -0.4 is 0 Å². The normalized spacial score (nSPS) is 9.44. The van der Waals surface area contributed by atoms with E-state index in [1.165, 1.54) is 0 Å². The number of carboxylic acid groups (broad SMARTS) is 1.